The van der Waals surface area contributed by atoms with Crippen molar-refractivity contribution >= 4 is 22.8 Å². The van der Waals surface area contributed by atoms with E-state index in [2.05, 4.69) is 0 Å². The molecule has 0 unspecified atom stereocenters. The van der Waals surface area contributed by atoms with Crippen LogP contribution in [0.15, 0.2) is 76.7 Å². The van der Waals surface area contributed by atoms with Crippen molar-refractivity contribution in [2.45, 2.75) is 13.3 Å². The molecule has 0 fully saturated rings. The highest BCUT2D eigenvalue weighted by Crippen LogP contribution is 2.34. The summed E-state index contributed by atoms with van der Waals surface area (Å²) in [6.45, 7) is 2.01. The second-order valence-electron chi connectivity index (χ2n) is 6.53. The monoisotopic (exact) mass is 356 g/mol. The number of benzene rings is 3. The Morgan fingerprint density at radius 3 is 2.19 bits per heavy atom. The Kier molecular flexibility index (Phi) is 4.47. The molecule has 0 radical (unpaired) electrons. The van der Waals surface area contributed by atoms with Crippen molar-refractivity contribution in [1.29, 1.82) is 0 Å². The van der Waals surface area contributed by atoms with Crippen LogP contribution in [-0.2, 0) is 0 Å². The number of methoxy groups -OCH3 is 1. The molecule has 0 amide bonds. The molecule has 4 rings (SSSR count). The molecule has 0 bridgehead atoms. The Bertz CT molecular complexity index is 1050. The summed E-state index contributed by atoms with van der Waals surface area (Å²) in [5.74, 6) is 1.03. The van der Waals surface area contributed by atoms with E-state index in [1.165, 1.54) is 0 Å². The van der Waals surface area contributed by atoms with E-state index in [1.54, 1.807) is 13.2 Å². The number of phenolic OH excluding ortho intramolecular Hbond substituents is 1. The van der Waals surface area contributed by atoms with E-state index in [9.17, 15) is 5.11 Å². The van der Waals surface area contributed by atoms with Crippen LogP contribution < -0.4 is 4.74 Å². The minimum Gasteiger partial charge on any atom is -0.507 e. The zero-order valence-corrected chi connectivity index (χ0v) is 15.3. The molecule has 1 aliphatic rings. The quantitative estimate of drug-likeness (QED) is 0.687. The first-order valence-electron chi connectivity index (χ1n) is 8.82. The first-order chi connectivity index (χ1) is 13.1. The highest BCUT2D eigenvalue weighted by Gasteiger charge is 2.18. The zero-order chi connectivity index (χ0) is 18.8. The molecular weight excluding hydrogens is 336 g/mol. The molecule has 3 aromatic rings. The molecule has 3 aromatic carbocycles. The predicted octanol–water partition coefficient (Wildman–Crippen LogP) is 5.35. The third-order valence-electron chi connectivity index (χ3n) is 4.61. The van der Waals surface area contributed by atoms with Crippen LogP contribution in [-0.4, -0.2) is 23.6 Å². The van der Waals surface area contributed by atoms with Gasteiger partial charge in [-0.15, -0.1) is 0 Å². The summed E-state index contributed by atoms with van der Waals surface area (Å²) in [5, 5.41) is 10.4. The number of hydrogen-bond acceptors (Lipinski definition) is 4. The lowest BCUT2D eigenvalue weighted by atomic mass is 9.98. The van der Waals surface area contributed by atoms with Crippen LogP contribution in [0.3, 0.4) is 0 Å². The van der Waals surface area contributed by atoms with Gasteiger partial charge in [0.2, 0.25) is 0 Å². The molecule has 1 heterocycles. The van der Waals surface area contributed by atoms with Gasteiger partial charge in [-0.3, -0.25) is 9.98 Å². The number of fused-ring (bicyclic) bond motifs is 1. The van der Waals surface area contributed by atoms with E-state index in [4.69, 9.17) is 14.7 Å². The van der Waals surface area contributed by atoms with Crippen LogP contribution in [0, 0.1) is 6.92 Å². The van der Waals surface area contributed by atoms with Gasteiger partial charge >= 0.3 is 0 Å². The van der Waals surface area contributed by atoms with Crippen LogP contribution in [0.5, 0.6) is 11.5 Å². The summed E-state index contributed by atoms with van der Waals surface area (Å²) in [6.07, 6.45) is 0.526. The third-order valence-corrected chi connectivity index (χ3v) is 4.61. The molecule has 0 atom stereocenters. The van der Waals surface area contributed by atoms with Crippen molar-refractivity contribution in [2.24, 2.45) is 9.98 Å². The molecule has 27 heavy (non-hydrogen) atoms. The van der Waals surface area contributed by atoms with Gasteiger partial charge in [0.1, 0.15) is 11.5 Å². The fourth-order valence-electron chi connectivity index (χ4n) is 3.17. The van der Waals surface area contributed by atoms with Gasteiger partial charge in [-0.2, -0.15) is 0 Å². The van der Waals surface area contributed by atoms with Crippen LogP contribution >= 0.6 is 0 Å². The second-order valence-corrected chi connectivity index (χ2v) is 6.53. The van der Waals surface area contributed by atoms with Crippen LogP contribution in [0.25, 0.3) is 0 Å². The highest BCUT2D eigenvalue weighted by molar-refractivity contribution is 6.21. The SMILES string of the molecule is COc1ccc(C2=Nc3ccccc3N=C(c3cc(C)ccc3O)C2)cc1. The molecule has 0 spiro atoms. The molecule has 4 heteroatoms. The lowest BCUT2D eigenvalue weighted by Gasteiger charge is -2.11. The maximum Gasteiger partial charge on any atom is 0.124 e. The number of ether oxygens (including phenoxy) is 1. The lowest BCUT2D eigenvalue weighted by Crippen LogP contribution is -2.10. The number of hydrogen-bond donors (Lipinski definition) is 1. The average molecular weight is 356 g/mol. The molecule has 0 aromatic heterocycles. The van der Waals surface area contributed by atoms with E-state index in [1.807, 2.05) is 67.6 Å². The van der Waals surface area contributed by atoms with Crippen molar-refractivity contribution in [3.63, 3.8) is 0 Å². The summed E-state index contributed by atoms with van der Waals surface area (Å²) in [6, 6.07) is 21.2. The molecule has 1 N–H and O–H groups in total. The molecule has 0 aliphatic carbocycles. The number of para-hydroxylation sites is 2. The van der Waals surface area contributed by atoms with Crippen molar-refractivity contribution in [1.82, 2.24) is 0 Å². The van der Waals surface area contributed by atoms with E-state index in [-0.39, 0.29) is 5.75 Å². The highest BCUT2D eigenvalue weighted by atomic mass is 16.5. The van der Waals surface area contributed by atoms with E-state index in [0.717, 1.165) is 45.2 Å². The van der Waals surface area contributed by atoms with Gasteiger partial charge in [-0.1, -0.05) is 23.8 Å². The van der Waals surface area contributed by atoms with Crippen molar-refractivity contribution < 1.29 is 9.84 Å². The first-order valence-corrected chi connectivity index (χ1v) is 8.82. The topological polar surface area (TPSA) is 54.2 Å². The molecular formula is C23H20N2O2. The van der Waals surface area contributed by atoms with Gasteiger partial charge < -0.3 is 9.84 Å². The molecule has 134 valence electrons. The smallest absolute Gasteiger partial charge is 0.124 e. The summed E-state index contributed by atoms with van der Waals surface area (Å²) in [7, 11) is 1.65. The minimum atomic E-state index is 0.229. The molecule has 0 saturated carbocycles. The average Bonchev–Trinajstić information content (AvgIpc) is 2.89. The predicted molar refractivity (Wildman–Crippen MR) is 109 cm³/mol. The maximum absolute atomic E-state index is 10.4. The third kappa shape index (κ3) is 3.47. The minimum absolute atomic E-state index is 0.229. The van der Waals surface area contributed by atoms with Crippen molar-refractivity contribution in [3.05, 3.63) is 83.4 Å². The number of rotatable bonds is 3. The second kappa shape index (κ2) is 7.08. The fourth-order valence-corrected chi connectivity index (χ4v) is 3.17. The van der Waals surface area contributed by atoms with Gasteiger partial charge in [0.15, 0.2) is 0 Å². The van der Waals surface area contributed by atoms with E-state index in [0.29, 0.717) is 6.42 Å². The van der Waals surface area contributed by atoms with Crippen molar-refractivity contribution in [3.8, 4) is 11.5 Å². The molecule has 0 saturated heterocycles. The molecule has 4 nitrogen and oxygen atoms in total. The van der Waals surface area contributed by atoms with Gasteiger partial charge in [0.25, 0.3) is 0 Å². The Morgan fingerprint density at radius 1 is 0.852 bits per heavy atom. The lowest BCUT2D eigenvalue weighted by molar-refractivity contribution is 0.415. The number of aryl methyl sites for hydroxylation is 1. The summed E-state index contributed by atoms with van der Waals surface area (Å²) in [4.78, 5) is 9.71. The summed E-state index contributed by atoms with van der Waals surface area (Å²) < 4.78 is 5.26. The van der Waals surface area contributed by atoms with E-state index >= 15 is 0 Å². The summed E-state index contributed by atoms with van der Waals surface area (Å²) in [5.41, 5.74) is 6.16. The number of phenols is 1. The van der Waals surface area contributed by atoms with Crippen LogP contribution in [0.2, 0.25) is 0 Å². The Labute approximate surface area is 158 Å². The van der Waals surface area contributed by atoms with Crippen molar-refractivity contribution in [2.75, 3.05) is 7.11 Å². The van der Waals surface area contributed by atoms with E-state index < -0.39 is 0 Å². The maximum atomic E-state index is 10.4. The van der Waals surface area contributed by atoms with Crippen LogP contribution in [0.4, 0.5) is 11.4 Å². The number of aromatic hydroxyl groups is 1. The molecule has 1 aliphatic heterocycles. The number of nitrogens with zero attached hydrogens (tertiary/aromatic N) is 2. The van der Waals surface area contributed by atoms with Gasteiger partial charge in [-0.25, -0.2) is 0 Å². The Balaban J connectivity index is 1.85. The van der Waals surface area contributed by atoms with Gasteiger partial charge in [-0.05, 0) is 61.0 Å². The fraction of sp³-hybridized carbons (Fsp3) is 0.130. The summed E-state index contributed by atoms with van der Waals surface area (Å²) >= 11 is 0. The standard InChI is InChI=1S/C23H20N2O2/c1-15-7-12-23(26)18(13-15)22-14-21(16-8-10-17(27-2)11-9-16)24-19-5-3-4-6-20(19)25-22/h3-13,26H,14H2,1-2H3. The Hall–Kier alpha value is -3.40. The normalized spacial score (nSPS) is 13.3. The van der Waals surface area contributed by atoms with Gasteiger partial charge in [0, 0.05) is 12.0 Å². The van der Waals surface area contributed by atoms with Gasteiger partial charge in [0.05, 0.1) is 29.9 Å². The number of aliphatic imine (C=N–C) groups is 2. The first kappa shape index (κ1) is 17.0. The zero-order valence-electron chi connectivity index (χ0n) is 15.3. The Morgan fingerprint density at radius 2 is 1.52 bits per heavy atom. The van der Waals surface area contributed by atoms with Crippen LogP contribution in [0.1, 0.15) is 23.1 Å². The largest absolute Gasteiger partial charge is 0.507 e.